The number of hydrogen-bond donors (Lipinski definition) is 1. The molecule has 0 spiro atoms. The van der Waals surface area contributed by atoms with Crippen LogP contribution in [0.3, 0.4) is 0 Å². The monoisotopic (exact) mass is 221 g/mol. The largest absolute Gasteiger partial charge is 0.396 e. The Bertz CT molecular complexity index is 371. The summed E-state index contributed by atoms with van der Waals surface area (Å²) in [5.74, 6) is 0.891. The van der Waals surface area contributed by atoms with Crippen molar-refractivity contribution in [2.45, 2.75) is 33.0 Å². The van der Waals surface area contributed by atoms with Crippen LogP contribution in [0.2, 0.25) is 0 Å². The quantitative estimate of drug-likeness (QED) is 0.782. The molecule has 1 saturated heterocycles. The number of anilines is 2. The number of aromatic nitrogens is 1. The first-order valence-electron chi connectivity index (χ1n) is 5.69. The average Bonchev–Trinajstić information content (AvgIpc) is 2.20. The minimum Gasteiger partial charge on any atom is -0.396 e. The number of morpholine rings is 1. The molecular formula is C12H19N3O. The molecule has 1 fully saturated rings. The number of ether oxygens (including phenoxy) is 1. The molecule has 16 heavy (non-hydrogen) atoms. The van der Waals surface area contributed by atoms with Gasteiger partial charge in [-0.2, -0.15) is 0 Å². The van der Waals surface area contributed by atoms with Gasteiger partial charge in [0.1, 0.15) is 0 Å². The molecule has 4 heteroatoms. The second-order valence-corrected chi connectivity index (χ2v) is 4.53. The Labute approximate surface area is 96.4 Å². The van der Waals surface area contributed by atoms with Gasteiger partial charge in [0.15, 0.2) is 5.82 Å². The lowest BCUT2D eigenvalue weighted by molar-refractivity contribution is -0.00541. The average molecular weight is 221 g/mol. The van der Waals surface area contributed by atoms with Crippen molar-refractivity contribution in [2.75, 3.05) is 23.7 Å². The third kappa shape index (κ3) is 2.11. The van der Waals surface area contributed by atoms with E-state index in [4.69, 9.17) is 10.5 Å². The lowest BCUT2D eigenvalue weighted by atomic mass is 10.2. The first-order valence-corrected chi connectivity index (χ1v) is 5.69. The van der Waals surface area contributed by atoms with Crippen LogP contribution >= 0.6 is 0 Å². The number of nitrogen functional groups attached to an aromatic ring is 1. The van der Waals surface area contributed by atoms with Crippen molar-refractivity contribution >= 4 is 11.5 Å². The summed E-state index contributed by atoms with van der Waals surface area (Å²) < 4.78 is 5.70. The molecule has 1 aromatic rings. The Kier molecular flexibility index (Phi) is 3.01. The van der Waals surface area contributed by atoms with E-state index in [-0.39, 0.29) is 12.2 Å². The van der Waals surface area contributed by atoms with Crippen molar-refractivity contribution in [2.24, 2.45) is 0 Å². The molecule has 0 aromatic carbocycles. The second kappa shape index (κ2) is 4.29. The smallest absolute Gasteiger partial charge is 0.152 e. The Morgan fingerprint density at radius 3 is 2.62 bits per heavy atom. The van der Waals surface area contributed by atoms with Gasteiger partial charge >= 0.3 is 0 Å². The zero-order valence-corrected chi connectivity index (χ0v) is 10.1. The Morgan fingerprint density at radius 2 is 2.00 bits per heavy atom. The van der Waals surface area contributed by atoms with E-state index in [9.17, 15) is 0 Å². The molecule has 88 valence electrons. The van der Waals surface area contributed by atoms with Gasteiger partial charge in [0.25, 0.3) is 0 Å². The Hall–Kier alpha value is -1.29. The lowest BCUT2D eigenvalue weighted by Gasteiger charge is -2.36. The van der Waals surface area contributed by atoms with Gasteiger partial charge in [-0.05, 0) is 32.4 Å². The Morgan fingerprint density at radius 1 is 1.38 bits per heavy atom. The van der Waals surface area contributed by atoms with Gasteiger partial charge in [-0.15, -0.1) is 0 Å². The molecular weight excluding hydrogens is 202 g/mol. The van der Waals surface area contributed by atoms with E-state index in [0.717, 1.165) is 30.2 Å². The molecule has 4 nitrogen and oxygen atoms in total. The highest BCUT2D eigenvalue weighted by Gasteiger charge is 2.24. The molecule has 0 radical (unpaired) electrons. The second-order valence-electron chi connectivity index (χ2n) is 4.53. The van der Waals surface area contributed by atoms with Gasteiger partial charge in [-0.25, -0.2) is 4.98 Å². The maximum absolute atomic E-state index is 6.06. The first-order chi connectivity index (χ1) is 7.58. The third-order valence-electron chi connectivity index (χ3n) is 2.91. The van der Waals surface area contributed by atoms with E-state index in [1.807, 2.05) is 19.2 Å². The predicted molar refractivity (Wildman–Crippen MR) is 65.6 cm³/mol. The van der Waals surface area contributed by atoms with E-state index in [0.29, 0.717) is 0 Å². The highest BCUT2D eigenvalue weighted by atomic mass is 16.5. The fraction of sp³-hybridized carbons (Fsp3) is 0.583. The minimum atomic E-state index is 0.227. The summed E-state index contributed by atoms with van der Waals surface area (Å²) in [6, 6.07) is 1.94. The molecule has 0 amide bonds. The van der Waals surface area contributed by atoms with Crippen LogP contribution in [0.25, 0.3) is 0 Å². The third-order valence-corrected chi connectivity index (χ3v) is 2.91. The van der Waals surface area contributed by atoms with Crippen LogP contribution < -0.4 is 10.6 Å². The summed E-state index contributed by atoms with van der Waals surface area (Å²) in [6.45, 7) is 7.87. The van der Waals surface area contributed by atoms with E-state index in [1.54, 1.807) is 0 Å². The highest BCUT2D eigenvalue weighted by Crippen LogP contribution is 2.26. The molecule has 1 aliphatic heterocycles. The number of hydrogen-bond acceptors (Lipinski definition) is 4. The predicted octanol–water partition coefficient (Wildman–Crippen LogP) is 1.59. The van der Waals surface area contributed by atoms with Crippen molar-refractivity contribution < 1.29 is 4.74 Å². The molecule has 2 N–H and O–H groups in total. The minimum absolute atomic E-state index is 0.227. The van der Waals surface area contributed by atoms with Gasteiger partial charge in [0.05, 0.1) is 17.9 Å². The normalized spacial score (nSPS) is 25.8. The molecule has 2 atom stereocenters. The maximum atomic E-state index is 6.06. The summed E-state index contributed by atoms with van der Waals surface area (Å²) in [5, 5.41) is 0. The van der Waals surface area contributed by atoms with Gasteiger partial charge in [0.2, 0.25) is 0 Å². The summed E-state index contributed by atoms with van der Waals surface area (Å²) in [4.78, 5) is 6.59. The van der Waals surface area contributed by atoms with Crippen LogP contribution in [0, 0.1) is 6.92 Å². The SMILES string of the molecule is Cc1ccnc(N2CC(C)OC(C)C2)c1N. The van der Waals surface area contributed by atoms with Crippen molar-refractivity contribution in [1.29, 1.82) is 0 Å². The summed E-state index contributed by atoms with van der Waals surface area (Å²) in [6.07, 6.45) is 2.27. The highest BCUT2D eigenvalue weighted by molar-refractivity contribution is 5.66. The van der Waals surface area contributed by atoms with Gasteiger partial charge in [-0.1, -0.05) is 0 Å². The van der Waals surface area contributed by atoms with Crippen molar-refractivity contribution in [3.05, 3.63) is 17.8 Å². The van der Waals surface area contributed by atoms with Gasteiger partial charge in [-0.3, -0.25) is 0 Å². The molecule has 0 bridgehead atoms. The van der Waals surface area contributed by atoms with Gasteiger partial charge < -0.3 is 15.4 Å². The van der Waals surface area contributed by atoms with Crippen LogP contribution in [0.1, 0.15) is 19.4 Å². The molecule has 1 aliphatic rings. The number of pyridine rings is 1. The number of nitrogens with two attached hydrogens (primary N) is 1. The number of rotatable bonds is 1. The molecule has 2 heterocycles. The van der Waals surface area contributed by atoms with E-state index in [1.165, 1.54) is 0 Å². The zero-order valence-electron chi connectivity index (χ0n) is 10.1. The van der Waals surface area contributed by atoms with E-state index in [2.05, 4.69) is 23.7 Å². The van der Waals surface area contributed by atoms with Crippen molar-refractivity contribution in [3.63, 3.8) is 0 Å². The fourth-order valence-corrected chi connectivity index (χ4v) is 2.16. The number of nitrogens with zero attached hydrogens (tertiary/aromatic N) is 2. The van der Waals surface area contributed by atoms with Crippen LogP contribution in [-0.4, -0.2) is 30.3 Å². The fourth-order valence-electron chi connectivity index (χ4n) is 2.16. The zero-order chi connectivity index (χ0) is 11.7. The van der Waals surface area contributed by atoms with Gasteiger partial charge in [0, 0.05) is 19.3 Å². The van der Waals surface area contributed by atoms with Crippen LogP contribution in [-0.2, 0) is 4.74 Å². The van der Waals surface area contributed by atoms with Crippen molar-refractivity contribution in [3.8, 4) is 0 Å². The topological polar surface area (TPSA) is 51.4 Å². The summed E-state index contributed by atoms with van der Waals surface area (Å²) >= 11 is 0. The van der Waals surface area contributed by atoms with E-state index >= 15 is 0 Å². The summed E-state index contributed by atoms with van der Waals surface area (Å²) in [5.41, 5.74) is 7.92. The van der Waals surface area contributed by atoms with Crippen LogP contribution in [0.4, 0.5) is 11.5 Å². The summed E-state index contributed by atoms with van der Waals surface area (Å²) in [7, 11) is 0. The molecule has 1 aromatic heterocycles. The first kappa shape index (κ1) is 11.2. The molecule has 0 aliphatic carbocycles. The van der Waals surface area contributed by atoms with E-state index < -0.39 is 0 Å². The lowest BCUT2D eigenvalue weighted by Crippen LogP contribution is -2.46. The molecule has 2 rings (SSSR count). The molecule has 2 unspecified atom stereocenters. The standard InChI is InChI=1S/C12H19N3O/c1-8-4-5-14-12(11(8)13)15-6-9(2)16-10(3)7-15/h4-5,9-10H,6-7,13H2,1-3H3. The van der Waals surface area contributed by atoms with Crippen LogP contribution in [0.15, 0.2) is 12.3 Å². The number of aryl methyl sites for hydroxylation is 1. The Balaban J connectivity index is 2.26. The maximum Gasteiger partial charge on any atom is 0.152 e. The van der Waals surface area contributed by atoms with Crippen LogP contribution in [0.5, 0.6) is 0 Å². The molecule has 0 saturated carbocycles. The van der Waals surface area contributed by atoms with Crippen molar-refractivity contribution in [1.82, 2.24) is 4.98 Å².